The first-order valence-electron chi connectivity index (χ1n) is 27.9. The predicted octanol–water partition coefficient (Wildman–Crippen LogP) is 6.42. The van der Waals surface area contributed by atoms with Crippen molar-refractivity contribution < 1.29 is 107 Å². The van der Waals surface area contributed by atoms with Crippen molar-refractivity contribution >= 4 is 55.2 Å². The standard InChI is InChI=1S/C30H39N3O5S.C29H37N3O6S.K.H2O/c1-21-12-13-24(23-8-5-4-6-9-23)25(20-21)38-30(14-15-30)28(35)32-39(36,37)27-11-7-10-26(31-27)33-18-16-29(3,17-19-33)22(2)34;1-20-11-12-22(21-7-4-3-5-8-21)23(19-20)38-29(13-14-29)26(33)31-39(36,37)25-10-6-9-24(30-25)32-17-15-28(2,16-18-32)27(34)35;;/h7,10-13,20,23H,4-6,8-9,14-19H2,1-3H3,(H,32,35);6,9-12,19,21H,3-5,7-8,13-18H2,1-2H3,(H,31,33)(H,34,35);;1H2/q;;+1;/p-1. The molecular formula is C59H77KN6O12S2. The summed E-state index contributed by atoms with van der Waals surface area (Å²) in [5, 5.41) is 9.02. The SMILES string of the molecule is CC(=O)C1(C)CCN(c2cccc(S(=O)(=O)NC(=O)C3(Oc4cc(C)ccc4C4CCCCC4)CC3)n2)CC1.Cc1ccc(C2CCCCC2)c(OC2(C(=O)NS(=O)(=O)c3cccc(N4CCC(C)(C(=O)O)CC4)n3)CC2)c1.[K+].[OH-]. The summed E-state index contributed by atoms with van der Waals surface area (Å²) in [5.74, 6) is 1.10. The van der Waals surface area contributed by atoms with Gasteiger partial charge in [-0.15, -0.1) is 0 Å². The molecule has 10 rings (SSSR count). The molecule has 6 aliphatic rings. The van der Waals surface area contributed by atoms with Gasteiger partial charge >= 0.3 is 57.4 Å². The summed E-state index contributed by atoms with van der Waals surface area (Å²) < 4.78 is 70.1. The van der Waals surface area contributed by atoms with Gasteiger partial charge in [0.15, 0.2) is 21.3 Å². The number of ketones is 1. The number of aliphatic carboxylic acids is 1. The number of carbonyl (C=O) groups is 4. The van der Waals surface area contributed by atoms with Crippen LogP contribution in [-0.4, -0.2) is 98.3 Å². The summed E-state index contributed by atoms with van der Waals surface area (Å²) in [6, 6.07) is 21.6. The molecule has 0 atom stereocenters. The van der Waals surface area contributed by atoms with Crippen molar-refractivity contribution in [3.05, 3.63) is 95.1 Å². The zero-order chi connectivity index (χ0) is 55.7. The number of benzene rings is 2. The number of rotatable bonds is 16. The maximum Gasteiger partial charge on any atom is 1.00 e. The van der Waals surface area contributed by atoms with Gasteiger partial charge in [-0.25, -0.2) is 19.4 Å². The molecule has 0 bridgehead atoms. The van der Waals surface area contributed by atoms with E-state index in [-0.39, 0.29) is 78.1 Å². The Morgan fingerprint density at radius 2 is 0.925 bits per heavy atom. The minimum Gasteiger partial charge on any atom is -0.870 e. The number of sulfonamides is 2. The maximum absolute atomic E-state index is 13.3. The van der Waals surface area contributed by atoms with E-state index >= 15 is 0 Å². The van der Waals surface area contributed by atoms with Crippen LogP contribution in [0, 0.1) is 24.7 Å². The molecule has 2 aromatic carbocycles. The average molecular weight is 1170 g/mol. The topological polar surface area (TPSA) is 262 Å². The number of Topliss-reactive ketones (excluding diaryl/α,β-unsaturated/α-hetero) is 1. The van der Waals surface area contributed by atoms with Gasteiger partial charge in [0.2, 0.25) is 0 Å². The van der Waals surface area contributed by atoms with Gasteiger partial charge in [0, 0.05) is 57.3 Å². The first-order chi connectivity index (χ1) is 37.0. The van der Waals surface area contributed by atoms with E-state index in [0.717, 1.165) is 47.9 Å². The average Bonchev–Trinajstić information content (AvgIpc) is 4.42. The van der Waals surface area contributed by atoms with Crippen LogP contribution in [0.4, 0.5) is 11.6 Å². The van der Waals surface area contributed by atoms with Crippen molar-refractivity contribution in [3.8, 4) is 11.5 Å². The fraction of sp³-hybridized carbons (Fsp3) is 0.559. The predicted molar refractivity (Wildman–Crippen MR) is 298 cm³/mol. The smallest absolute Gasteiger partial charge is 0.870 e. The van der Waals surface area contributed by atoms with Gasteiger partial charge in [0.05, 0.1) is 5.41 Å². The largest absolute Gasteiger partial charge is 1.00 e. The van der Waals surface area contributed by atoms with Gasteiger partial charge in [-0.2, -0.15) is 16.8 Å². The third-order valence-electron chi connectivity index (χ3n) is 17.4. The number of nitrogens with zero attached hydrogens (tertiary/aromatic N) is 4. The second-order valence-electron chi connectivity index (χ2n) is 23.4. The number of carboxylic acids is 1. The first kappa shape index (κ1) is 63.1. The molecule has 4 aliphatic carbocycles. The number of anilines is 2. The number of nitrogens with one attached hydrogen (secondary N) is 2. The third-order valence-corrected chi connectivity index (χ3v) is 19.9. The maximum atomic E-state index is 13.3. The molecule has 0 radical (unpaired) electrons. The summed E-state index contributed by atoms with van der Waals surface area (Å²) >= 11 is 0. The Labute approximate surface area is 514 Å². The van der Waals surface area contributed by atoms with Gasteiger partial charge in [0.25, 0.3) is 31.9 Å². The second-order valence-corrected chi connectivity index (χ2v) is 26.7. The van der Waals surface area contributed by atoms with E-state index in [1.807, 2.05) is 42.7 Å². The van der Waals surface area contributed by atoms with Crippen LogP contribution in [0.15, 0.2) is 82.8 Å². The molecule has 0 unspecified atom stereocenters. The summed E-state index contributed by atoms with van der Waals surface area (Å²) in [7, 11) is -8.45. The van der Waals surface area contributed by atoms with E-state index in [2.05, 4.69) is 43.7 Å². The van der Waals surface area contributed by atoms with Crippen LogP contribution >= 0.6 is 0 Å². The number of carbonyl (C=O) groups excluding carboxylic acids is 3. The summed E-state index contributed by atoms with van der Waals surface area (Å²) in [4.78, 5) is 62.8. The fourth-order valence-corrected chi connectivity index (χ4v) is 13.4. The number of pyridine rings is 2. The van der Waals surface area contributed by atoms with Crippen LogP contribution < -0.4 is 80.1 Å². The van der Waals surface area contributed by atoms with Crippen LogP contribution in [0.5, 0.6) is 11.5 Å². The van der Waals surface area contributed by atoms with Crippen LogP contribution in [0.25, 0.3) is 0 Å². The van der Waals surface area contributed by atoms with Crippen molar-refractivity contribution in [1.82, 2.24) is 19.4 Å². The molecule has 2 aromatic heterocycles. The summed E-state index contributed by atoms with van der Waals surface area (Å²) in [6.07, 6.45) is 15.6. The molecular weight excluding hydrogens is 1090 g/mol. The Morgan fingerprint density at radius 1 is 0.562 bits per heavy atom. The molecule has 2 aliphatic heterocycles. The van der Waals surface area contributed by atoms with Crippen molar-refractivity contribution in [3.63, 3.8) is 0 Å². The van der Waals surface area contributed by atoms with Gasteiger partial charge in [-0.05, 0) is 150 Å². The number of aryl methyl sites for hydroxylation is 2. The molecule has 21 heteroatoms. The van der Waals surface area contributed by atoms with E-state index in [1.165, 1.54) is 50.7 Å². The minimum atomic E-state index is -4.24. The molecule has 4 aromatic rings. The molecule has 428 valence electrons. The number of hydrogen-bond donors (Lipinski definition) is 3. The van der Waals surface area contributed by atoms with E-state index in [0.29, 0.717) is 113 Å². The first-order valence-corrected chi connectivity index (χ1v) is 30.9. The van der Waals surface area contributed by atoms with Crippen molar-refractivity contribution in [1.29, 1.82) is 0 Å². The third kappa shape index (κ3) is 14.5. The number of carboxylic acid groups (broad SMARTS) is 1. The van der Waals surface area contributed by atoms with Gasteiger partial charge in [-0.3, -0.25) is 19.2 Å². The molecule has 6 fully saturated rings. The second kappa shape index (κ2) is 25.6. The van der Waals surface area contributed by atoms with Crippen LogP contribution in [0.3, 0.4) is 0 Å². The fourth-order valence-electron chi connectivity index (χ4n) is 11.4. The normalized spacial score (nSPS) is 20.2. The van der Waals surface area contributed by atoms with E-state index in [9.17, 15) is 41.1 Å². The number of ether oxygens (including phenoxy) is 2. The van der Waals surface area contributed by atoms with Crippen molar-refractivity contribution in [2.24, 2.45) is 10.8 Å². The van der Waals surface area contributed by atoms with Gasteiger partial charge in [-0.1, -0.05) is 81.8 Å². The van der Waals surface area contributed by atoms with Gasteiger partial charge in [0.1, 0.15) is 28.9 Å². The number of aromatic nitrogens is 2. The molecule has 2 saturated heterocycles. The molecule has 80 heavy (non-hydrogen) atoms. The van der Waals surface area contributed by atoms with Crippen molar-refractivity contribution in [2.75, 3.05) is 36.0 Å². The Balaban J connectivity index is 0.000000225. The number of amides is 2. The number of piperidine rings is 2. The molecule has 4 heterocycles. The Hall–Kier alpha value is -4.48. The Morgan fingerprint density at radius 3 is 1.26 bits per heavy atom. The van der Waals surface area contributed by atoms with E-state index in [1.54, 1.807) is 38.1 Å². The summed E-state index contributed by atoms with van der Waals surface area (Å²) in [6.45, 7) is 11.4. The quantitative estimate of drug-likeness (QED) is 0.102. The van der Waals surface area contributed by atoms with Crippen LogP contribution in [0.1, 0.15) is 170 Å². The molecule has 0 spiro atoms. The van der Waals surface area contributed by atoms with Crippen molar-refractivity contribution in [2.45, 2.75) is 183 Å². The molecule has 4 N–H and O–H groups in total. The van der Waals surface area contributed by atoms with Crippen LogP contribution in [-0.2, 0) is 39.2 Å². The summed E-state index contributed by atoms with van der Waals surface area (Å²) in [5.41, 5.74) is 0.701. The van der Waals surface area contributed by atoms with E-state index in [4.69, 9.17) is 9.47 Å². The Kier molecular flexibility index (Phi) is 20.2. The zero-order valence-corrected chi connectivity index (χ0v) is 52.0. The van der Waals surface area contributed by atoms with Gasteiger partial charge < -0.3 is 29.9 Å². The van der Waals surface area contributed by atoms with Crippen LogP contribution in [0.2, 0.25) is 0 Å². The molecule has 2 amide bonds. The molecule has 18 nitrogen and oxygen atoms in total. The van der Waals surface area contributed by atoms with E-state index < -0.39 is 54.4 Å². The Bertz CT molecular complexity index is 2930. The monoisotopic (exact) mass is 1160 g/mol. The minimum absolute atomic E-state index is 0. The zero-order valence-electron chi connectivity index (χ0n) is 47.2. The number of hydrogen-bond acceptors (Lipinski definition) is 15. The molecule has 4 saturated carbocycles.